The second-order valence-electron chi connectivity index (χ2n) is 5.71. The fraction of sp³-hybridized carbons (Fsp3) is 0.294. The van der Waals surface area contributed by atoms with Gasteiger partial charge < -0.3 is 9.30 Å². The molecule has 3 rings (SSSR count). The van der Waals surface area contributed by atoms with Gasteiger partial charge in [-0.1, -0.05) is 30.3 Å². The van der Waals surface area contributed by atoms with E-state index in [1.165, 1.54) is 17.9 Å². The van der Waals surface area contributed by atoms with Crippen LogP contribution in [0.5, 0.6) is 0 Å². The first-order chi connectivity index (χ1) is 12.0. The molecule has 0 unspecified atom stereocenters. The number of hydrogen-bond donors (Lipinski definition) is 0. The zero-order chi connectivity index (χ0) is 18.0. The number of fused-ring (bicyclic) bond motifs is 1. The van der Waals surface area contributed by atoms with Crippen LogP contribution in [0.1, 0.15) is 12.0 Å². The molecular formula is C17H18N4O4. The SMILES string of the molecule is Cn1c(=O)c2c(ncn2CCC(=O)OCc2ccccc2)n(C)c1=O. The van der Waals surface area contributed by atoms with E-state index in [1.54, 1.807) is 11.6 Å². The minimum Gasteiger partial charge on any atom is -0.461 e. The van der Waals surface area contributed by atoms with Gasteiger partial charge in [0.25, 0.3) is 5.56 Å². The lowest BCUT2D eigenvalue weighted by molar-refractivity contribution is -0.145. The van der Waals surface area contributed by atoms with Crippen LogP contribution in [0.3, 0.4) is 0 Å². The number of ether oxygens (including phenoxy) is 1. The van der Waals surface area contributed by atoms with Crippen LogP contribution in [0, 0.1) is 0 Å². The Morgan fingerprint density at radius 3 is 2.56 bits per heavy atom. The zero-order valence-electron chi connectivity index (χ0n) is 14.0. The Bertz CT molecular complexity index is 1030. The fourth-order valence-electron chi connectivity index (χ4n) is 2.59. The first-order valence-electron chi connectivity index (χ1n) is 7.79. The molecule has 0 radical (unpaired) electrons. The summed E-state index contributed by atoms with van der Waals surface area (Å²) in [5.74, 6) is -0.368. The Kier molecular flexibility index (Phi) is 4.51. The standard InChI is InChI=1S/C17H18N4O4/c1-19-15-14(16(23)20(2)17(19)24)21(11-18-15)9-8-13(22)25-10-12-6-4-3-5-7-12/h3-7,11H,8-10H2,1-2H3. The van der Waals surface area contributed by atoms with Gasteiger partial charge >= 0.3 is 11.7 Å². The van der Waals surface area contributed by atoms with Crippen molar-refractivity contribution in [3.8, 4) is 0 Å². The molecule has 0 saturated carbocycles. The lowest BCUT2D eigenvalue weighted by Gasteiger charge is -2.07. The van der Waals surface area contributed by atoms with Crippen molar-refractivity contribution in [2.75, 3.05) is 0 Å². The van der Waals surface area contributed by atoms with Gasteiger partial charge in [0.2, 0.25) is 0 Å². The third kappa shape index (κ3) is 3.23. The van der Waals surface area contributed by atoms with Crippen LogP contribution >= 0.6 is 0 Å². The summed E-state index contributed by atoms with van der Waals surface area (Å²) in [6.07, 6.45) is 1.56. The summed E-state index contributed by atoms with van der Waals surface area (Å²) in [6, 6.07) is 9.40. The third-order valence-electron chi connectivity index (χ3n) is 4.02. The number of imidazole rings is 1. The number of aryl methyl sites for hydroxylation is 2. The Labute approximate surface area is 142 Å². The van der Waals surface area contributed by atoms with Crippen molar-refractivity contribution < 1.29 is 9.53 Å². The lowest BCUT2D eigenvalue weighted by atomic mass is 10.2. The van der Waals surface area contributed by atoms with E-state index in [0.717, 1.165) is 10.1 Å². The number of hydrogen-bond acceptors (Lipinski definition) is 5. The number of esters is 1. The summed E-state index contributed by atoms with van der Waals surface area (Å²) in [6.45, 7) is 0.457. The number of carbonyl (C=O) groups excluding carboxylic acids is 1. The Hall–Kier alpha value is -3.16. The molecular weight excluding hydrogens is 324 g/mol. The summed E-state index contributed by atoms with van der Waals surface area (Å²) in [7, 11) is 2.96. The van der Waals surface area contributed by atoms with E-state index in [4.69, 9.17) is 4.74 Å². The Morgan fingerprint density at radius 1 is 1.12 bits per heavy atom. The van der Waals surface area contributed by atoms with E-state index in [-0.39, 0.29) is 25.5 Å². The highest BCUT2D eigenvalue weighted by atomic mass is 16.5. The maximum atomic E-state index is 12.3. The predicted molar refractivity (Wildman–Crippen MR) is 91.1 cm³/mol. The number of nitrogens with zero attached hydrogens (tertiary/aromatic N) is 4. The van der Waals surface area contributed by atoms with E-state index < -0.39 is 11.2 Å². The highest BCUT2D eigenvalue weighted by molar-refractivity contribution is 5.71. The van der Waals surface area contributed by atoms with Gasteiger partial charge in [-0.3, -0.25) is 18.7 Å². The Morgan fingerprint density at radius 2 is 1.84 bits per heavy atom. The van der Waals surface area contributed by atoms with Crippen molar-refractivity contribution in [3.05, 3.63) is 63.1 Å². The number of aromatic nitrogens is 4. The smallest absolute Gasteiger partial charge is 0.332 e. The van der Waals surface area contributed by atoms with Crippen LogP contribution in [0.2, 0.25) is 0 Å². The Balaban J connectivity index is 1.72. The van der Waals surface area contributed by atoms with Gasteiger partial charge in [-0.15, -0.1) is 0 Å². The van der Waals surface area contributed by atoms with Crippen LogP contribution in [0.4, 0.5) is 0 Å². The van der Waals surface area contributed by atoms with Crippen molar-refractivity contribution in [2.24, 2.45) is 14.1 Å². The van der Waals surface area contributed by atoms with Gasteiger partial charge in [-0.05, 0) is 5.56 Å². The molecule has 8 nitrogen and oxygen atoms in total. The molecule has 8 heteroatoms. The molecule has 0 spiro atoms. The van der Waals surface area contributed by atoms with E-state index in [2.05, 4.69) is 4.98 Å². The van der Waals surface area contributed by atoms with E-state index in [1.807, 2.05) is 30.3 Å². The molecule has 0 N–H and O–H groups in total. The predicted octanol–water partition coefficient (Wildman–Crippen LogP) is 0.567. The molecule has 3 aromatic rings. The largest absolute Gasteiger partial charge is 0.461 e. The minimum absolute atomic E-state index is 0.101. The van der Waals surface area contributed by atoms with Gasteiger partial charge in [0.15, 0.2) is 11.2 Å². The molecule has 25 heavy (non-hydrogen) atoms. The lowest BCUT2D eigenvalue weighted by Crippen LogP contribution is -2.37. The normalized spacial score (nSPS) is 11.0. The highest BCUT2D eigenvalue weighted by Gasteiger charge is 2.15. The van der Waals surface area contributed by atoms with Crippen molar-refractivity contribution in [2.45, 2.75) is 19.6 Å². The molecule has 2 heterocycles. The van der Waals surface area contributed by atoms with Crippen LogP contribution < -0.4 is 11.2 Å². The topological polar surface area (TPSA) is 88.1 Å². The summed E-state index contributed by atoms with van der Waals surface area (Å²) < 4.78 is 9.12. The molecule has 130 valence electrons. The second-order valence-corrected chi connectivity index (χ2v) is 5.71. The quantitative estimate of drug-likeness (QED) is 0.633. The molecule has 0 aliphatic carbocycles. The van der Waals surface area contributed by atoms with Gasteiger partial charge in [0.05, 0.1) is 12.7 Å². The zero-order valence-corrected chi connectivity index (χ0v) is 14.0. The summed E-state index contributed by atoms with van der Waals surface area (Å²) in [5, 5.41) is 0. The molecule has 1 aromatic carbocycles. The van der Waals surface area contributed by atoms with Gasteiger partial charge in [-0.25, -0.2) is 9.78 Å². The monoisotopic (exact) mass is 342 g/mol. The maximum Gasteiger partial charge on any atom is 0.332 e. The third-order valence-corrected chi connectivity index (χ3v) is 4.02. The average molecular weight is 342 g/mol. The number of rotatable bonds is 5. The molecule has 0 fully saturated rings. The first-order valence-corrected chi connectivity index (χ1v) is 7.79. The average Bonchev–Trinajstić information content (AvgIpc) is 3.06. The van der Waals surface area contributed by atoms with Crippen LogP contribution in [0.25, 0.3) is 11.2 Å². The van der Waals surface area contributed by atoms with E-state index >= 15 is 0 Å². The van der Waals surface area contributed by atoms with Gasteiger partial charge in [-0.2, -0.15) is 0 Å². The van der Waals surface area contributed by atoms with E-state index in [9.17, 15) is 14.4 Å². The van der Waals surface area contributed by atoms with Crippen molar-refractivity contribution >= 4 is 17.1 Å². The molecule has 0 aliphatic heterocycles. The first kappa shape index (κ1) is 16.7. The molecule has 2 aromatic heterocycles. The molecule has 0 saturated heterocycles. The van der Waals surface area contributed by atoms with Crippen LogP contribution in [-0.2, 0) is 36.8 Å². The van der Waals surface area contributed by atoms with Crippen LogP contribution in [-0.4, -0.2) is 24.7 Å². The minimum atomic E-state index is -0.440. The summed E-state index contributed by atoms with van der Waals surface area (Å²) in [5.41, 5.74) is 0.622. The fourth-order valence-corrected chi connectivity index (χ4v) is 2.59. The maximum absolute atomic E-state index is 12.3. The van der Waals surface area contributed by atoms with Crippen molar-refractivity contribution in [1.29, 1.82) is 0 Å². The van der Waals surface area contributed by atoms with Crippen molar-refractivity contribution in [3.63, 3.8) is 0 Å². The molecule has 0 bridgehead atoms. The number of benzene rings is 1. The van der Waals surface area contributed by atoms with Gasteiger partial charge in [0.1, 0.15) is 6.61 Å². The van der Waals surface area contributed by atoms with Crippen molar-refractivity contribution in [1.82, 2.24) is 18.7 Å². The molecule has 0 aliphatic rings. The highest BCUT2D eigenvalue weighted by Crippen LogP contribution is 2.07. The molecule has 0 atom stereocenters. The molecule has 0 amide bonds. The van der Waals surface area contributed by atoms with E-state index in [0.29, 0.717) is 11.2 Å². The number of carbonyl (C=O) groups is 1. The van der Waals surface area contributed by atoms with Crippen LogP contribution in [0.15, 0.2) is 46.2 Å². The summed E-state index contributed by atoms with van der Waals surface area (Å²) in [4.78, 5) is 40.3. The van der Waals surface area contributed by atoms with Gasteiger partial charge in [0, 0.05) is 20.6 Å². The second kappa shape index (κ2) is 6.76. The summed E-state index contributed by atoms with van der Waals surface area (Å²) >= 11 is 0.